The molecule has 1 aromatic heterocycles. The van der Waals surface area contributed by atoms with E-state index in [2.05, 4.69) is 5.32 Å². The number of aliphatic carboxylic acids is 1. The van der Waals surface area contributed by atoms with E-state index in [-0.39, 0.29) is 19.3 Å². The van der Waals surface area contributed by atoms with Gasteiger partial charge in [0.2, 0.25) is 0 Å². The highest BCUT2D eigenvalue weighted by Crippen LogP contribution is 2.45. The fourth-order valence-corrected chi connectivity index (χ4v) is 5.97. The average molecular weight is 539 g/mol. The second kappa shape index (κ2) is 9.26. The van der Waals surface area contributed by atoms with Crippen molar-refractivity contribution in [3.8, 4) is 11.1 Å². The van der Waals surface area contributed by atoms with Gasteiger partial charge in [-0.3, -0.25) is 0 Å². The topological polar surface area (TPSA) is 107 Å². The molecule has 0 radical (unpaired) electrons. The highest BCUT2D eigenvalue weighted by molar-refractivity contribution is 5.96. The molecule has 40 heavy (non-hydrogen) atoms. The fourth-order valence-electron chi connectivity index (χ4n) is 5.97. The van der Waals surface area contributed by atoms with Gasteiger partial charge in [0.1, 0.15) is 11.1 Å². The standard InChI is InChI=1S/C32H30N2O6/c1-31(2,3)40-30(38)34-25-15-9-8-12-21(25)24-18-32(28(35)36,17-16-26(24)34)33-29(37)39-27-22-13-6-4-10-19(22)20-11-5-7-14-23(20)27/h4-15,27H,16-18H2,1-3H3,(H,33,37)(H,35,36). The Morgan fingerprint density at radius 3 is 2.15 bits per heavy atom. The van der Waals surface area contributed by atoms with E-state index in [1.165, 1.54) is 4.57 Å². The second-order valence-corrected chi connectivity index (χ2v) is 11.4. The highest BCUT2D eigenvalue weighted by atomic mass is 16.6. The molecule has 0 spiro atoms. The van der Waals surface area contributed by atoms with Gasteiger partial charge >= 0.3 is 18.2 Å². The number of carboxylic acids is 1. The van der Waals surface area contributed by atoms with Crippen LogP contribution >= 0.6 is 0 Å². The number of carbonyl (C=O) groups is 3. The summed E-state index contributed by atoms with van der Waals surface area (Å²) >= 11 is 0. The molecule has 0 aliphatic heterocycles. The summed E-state index contributed by atoms with van der Waals surface area (Å²) in [6.07, 6.45) is -1.63. The summed E-state index contributed by atoms with van der Waals surface area (Å²) in [6.45, 7) is 5.40. The number of hydrogen-bond donors (Lipinski definition) is 2. The number of carboxylic acid groups (broad SMARTS) is 1. The van der Waals surface area contributed by atoms with Crippen molar-refractivity contribution < 1.29 is 29.0 Å². The van der Waals surface area contributed by atoms with Crippen molar-refractivity contribution in [2.45, 2.75) is 57.3 Å². The number of hydrogen-bond acceptors (Lipinski definition) is 5. The van der Waals surface area contributed by atoms with E-state index >= 15 is 0 Å². The van der Waals surface area contributed by atoms with Crippen molar-refractivity contribution in [3.05, 3.63) is 95.2 Å². The first kappa shape index (κ1) is 25.7. The summed E-state index contributed by atoms with van der Waals surface area (Å²) in [7, 11) is 0. The molecular formula is C32H30N2O6. The zero-order valence-corrected chi connectivity index (χ0v) is 22.6. The molecule has 2 aliphatic carbocycles. The van der Waals surface area contributed by atoms with Crippen LogP contribution in [0.5, 0.6) is 0 Å². The van der Waals surface area contributed by atoms with Crippen LogP contribution < -0.4 is 5.32 Å². The molecule has 1 heterocycles. The molecular weight excluding hydrogens is 508 g/mol. The summed E-state index contributed by atoms with van der Waals surface area (Å²) in [5, 5.41) is 13.9. The number of rotatable bonds is 3. The molecule has 0 saturated heterocycles. The number of alkyl carbamates (subject to hydrolysis) is 1. The Balaban J connectivity index is 1.32. The van der Waals surface area contributed by atoms with Gasteiger partial charge < -0.3 is 19.9 Å². The minimum Gasteiger partial charge on any atom is -0.479 e. The van der Waals surface area contributed by atoms with E-state index in [0.717, 1.165) is 27.6 Å². The molecule has 1 amide bonds. The first-order valence-corrected chi connectivity index (χ1v) is 13.3. The third-order valence-corrected chi connectivity index (χ3v) is 7.68. The number of amides is 1. The molecule has 204 valence electrons. The van der Waals surface area contributed by atoms with Crippen molar-refractivity contribution in [3.63, 3.8) is 0 Å². The maximum Gasteiger partial charge on any atom is 0.419 e. The SMILES string of the molecule is CC(C)(C)OC(=O)n1c2c(c3ccccc31)CC(NC(=O)OC1c3ccccc3-c3ccccc31)(C(=O)O)CC2. The lowest BCUT2D eigenvalue weighted by Crippen LogP contribution is -2.58. The number of fused-ring (bicyclic) bond motifs is 6. The van der Waals surface area contributed by atoms with Crippen LogP contribution in [0.25, 0.3) is 22.0 Å². The summed E-state index contributed by atoms with van der Waals surface area (Å²) < 4.78 is 13.1. The predicted molar refractivity (Wildman–Crippen MR) is 149 cm³/mol. The summed E-state index contributed by atoms with van der Waals surface area (Å²) in [5.74, 6) is -1.16. The quantitative estimate of drug-likeness (QED) is 0.320. The Hall–Kier alpha value is -4.59. The Morgan fingerprint density at radius 1 is 0.925 bits per heavy atom. The van der Waals surface area contributed by atoms with E-state index in [0.29, 0.717) is 16.8 Å². The Labute approximate surface area is 231 Å². The number of aromatic nitrogens is 1. The number of nitrogens with one attached hydrogen (secondary N) is 1. The van der Waals surface area contributed by atoms with Crippen LogP contribution in [0.4, 0.5) is 9.59 Å². The van der Waals surface area contributed by atoms with Crippen LogP contribution in [0.2, 0.25) is 0 Å². The Morgan fingerprint density at radius 2 is 1.52 bits per heavy atom. The molecule has 1 atom stereocenters. The van der Waals surface area contributed by atoms with Gasteiger partial charge in [-0.05, 0) is 56.4 Å². The zero-order chi connectivity index (χ0) is 28.2. The molecule has 4 aromatic rings. The van der Waals surface area contributed by atoms with E-state index in [1.807, 2.05) is 72.8 Å². The first-order chi connectivity index (χ1) is 19.1. The van der Waals surface area contributed by atoms with Gasteiger partial charge in [0.15, 0.2) is 6.10 Å². The van der Waals surface area contributed by atoms with Crippen LogP contribution in [-0.4, -0.2) is 39.0 Å². The van der Waals surface area contributed by atoms with Gasteiger partial charge in [-0.15, -0.1) is 0 Å². The number of carbonyl (C=O) groups excluding carboxylic acids is 2. The smallest absolute Gasteiger partial charge is 0.419 e. The molecule has 8 heteroatoms. The lowest BCUT2D eigenvalue weighted by molar-refractivity contribution is -0.145. The zero-order valence-electron chi connectivity index (χ0n) is 22.6. The van der Waals surface area contributed by atoms with Crippen LogP contribution in [0, 0.1) is 0 Å². The van der Waals surface area contributed by atoms with Gasteiger partial charge in [-0.1, -0.05) is 66.7 Å². The molecule has 2 N–H and O–H groups in total. The van der Waals surface area contributed by atoms with Crippen LogP contribution in [0.1, 0.15) is 55.7 Å². The monoisotopic (exact) mass is 538 g/mol. The average Bonchev–Trinajstić information content (AvgIpc) is 3.40. The van der Waals surface area contributed by atoms with E-state index in [1.54, 1.807) is 20.8 Å². The largest absolute Gasteiger partial charge is 0.479 e. The lowest BCUT2D eigenvalue weighted by Gasteiger charge is -2.34. The molecule has 3 aromatic carbocycles. The van der Waals surface area contributed by atoms with Crippen LogP contribution in [-0.2, 0) is 27.1 Å². The normalized spacial score (nSPS) is 18.0. The number of nitrogens with zero attached hydrogens (tertiary/aromatic N) is 1. The van der Waals surface area contributed by atoms with Gasteiger partial charge in [0.05, 0.1) is 5.52 Å². The molecule has 1 unspecified atom stereocenters. The molecule has 0 saturated carbocycles. The van der Waals surface area contributed by atoms with E-state index in [9.17, 15) is 19.5 Å². The molecule has 2 aliphatic rings. The van der Waals surface area contributed by atoms with Gasteiger partial charge in [-0.2, -0.15) is 0 Å². The van der Waals surface area contributed by atoms with Crippen molar-refractivity contribution in [1.82, 2.24) is 9.88 Å². The number of ether oxygens (including phenoxy) is 2. The molecule has 0 bridgehead atoms. The van der Waals surface area contributed by atoms with Crippen molar-refractivity contribution in [2.24, 2.45) is 0 Å². The molecule has 6 rings (SSSR count). The number of benzene rings is 3. The predicted octanol–water partition coefficient (Wildman–Crippen LogP) is 6.23. The van der Waals surface area contributed by atoms with Crippen LogP contribution in [0.15, 0.2) is 72.8 Å². The maximum atomic E-state index is 13.4. The van der Waals surface area contributed by atoms with Gasteiger partial charge in [0.25, 0.3) is 0 Å². The first-order valence-electron chi connectivity index (χ1n) is 13.3. The third kappa shape index (κ3) is 4.20. The molecule has 8 nitrogen and oxygen atoms in total. The van der Waals surface area contributed by atoms with Gasteiger partial charge in [-0.25, -0.2) is 19.0 Å². The van der Waals surface area contributed by atoms with Crippen LogP contribution in [0.3, 0.4) is 0 Å². The number of para-hydroxylation sites is 1. The second-order valence-electron chi connectivity index (χ2n) is 11.4. The van der Waals surface area contributed by atoms with Crippen molar-refractivity contribution in [2.75, 3.05) is 0 Å². The lowest BCUT2D eigenvalue weighted by atomic mass is 9.79. The van der Waals surface area contributed by atoms with Crippen molar-refractivity contribution in [1.29, 1.82) is 0 Å². The van der Waals surface area contributed by atoms with E-state index < -0.39 is 35.4 Å². The summed E-state index contributed by atoms with van der Waals surface area (Å²) in [5.41, 5.74) is 3.42. The van der Waals surface area contributed by atoms with Gasteiger partial charge in [0, 0.05) is 28.6 Å². The van der Waals surface area contributed by atoms with E-state index in [4.69, 9.17) is 9.47 Å². The Bertz CT molecular complexity index is 1630. The third-order valence-electron chi connectivity index (χ3n) is 7.68. The molecule has 0 fully saturated rings. The fraction of sp³-hybridized carbons (Fsp3) is 0.281. The summed E-state index contributed by atoms with van der Waals surface area (Å²) in [6, 6.07) is 22.8. The highest BCUT2D eigenvalue weighted by Gasteiger charge is 2.46. The maximum absolute atomic E-state index is 13.4. The Kier molecular flexibility index (Phi) is 5.94. The summed E-state index contributed by atoms with van der Waals surface area (Å²) in [4.78, 5) is 39.3. The minimum absolute atomic E-state index is 0.000911. The minimum atomic E-state index is -1.61. The van der Waals surface area contributed by atoms with Crippen molar-refractivity contribution >= 4 is 29.1 Å².